The average Bonchev–Trinajstić information content (AvgIpc) is 2.35. The van der Waals surface area contributed by atoms with Crippen LogP contribution in [-0.4, -0.2) is 12.6 Å². The van der Waals surface area contributed by atoms with Gasteiger partial charge in [0.1, 0.15) is 5.82 Å². The second-order valence-electron chi connectivity index (χ2n) is 5.56. The van der Waals surface area contributed by atoms with Gasteiger partial charge in [0.2, 0.25) is 0 Å². The molecule has 1 atom stereocenters. The molecule has 0 aliphatic heterocycles. The Morgan fingerprint density at radius 2 is 2.00 bits per heavy atom. The quantitative estimate of drug-likeness (QED) is 0.722. The van der Waals surface area contributed by atoms with Crippen LogP contribution in [0.3, 0.4) is 0 Å². The first-order valence-corrected chi connectivity index (χ1v) is 7.58. The molecule has 0 spiro atoms. The Hall–Kier alpha value is -0.600. The highest BCUT2D eigenvalue weighted by Gasteiger charge is 2.12. The maximum absolute atomic E-state index is 13.0. The molecule has 108 valence electrons. The van der Waals surface area contributed by atoms with Gasteiger partial charge in [-0.2, -0.15) is 0 Å². The Morgan fingerprint density at radius 3 is 2.58 bits per heavy atom. The fourth-order valence-electron chi connectivity index (χ4n) is 2.11. The molecule has 0 fully saturated rings. The van der Waals surface area contributed by atoms with Gasteiger partial charge in [0.05, 0.1) is 0 Å². The fourth-order valence-corrected chi connectivity index (χ4v) is 2.36. The predicted molar refractivity (Wildman–Crippen MR) is 81.3 cm³/mol. The van der Waals surface area contributed by atoms with E-state index in [0.29, 0.717) is 17.0 Å². The Bertz CT molecular complexity index is 379. The number of halogens is 2. The van der Waals surface area contributed by atoms with Crippen LogP contribution in [0.15, 0.2) is 18.2 Å². The van der Waals surface area contributed by atoms with Crippen molar-refractivity contribution in [2.24, 2.45) is 5.92 Å². The minimum atomic E-state index is -0.269. The summed E-state index contributed by atoms with van der Waals surface area (Å²) in [5.41, 5.74) is 1.03. The first-order valence-electron chi connectivity index (χ1n) is 7.20. The van der Waals surface area contributed by atoms with Gasteiger partial charge in [0.15, 0.2) is 0 Å². The van der Waals surface area contributed by atoms with E-state index in [4.69, 9.17) is 11.6 Å². The van der Waals surface area contributed by atoms with Crippen molar-refractivity contribution in [3.05, 3.63) is 34.6 Å². The first-order chi connectivity index (χ1) is 9.02. The van der Waals surface area contributed by atoms with Crippen molar-refractivity contribution < 1.29 is 4.39 Å². The summed E-state index contributed by atoms with van der Waals surface area (Å²) < 4.78 is 13.0. The molecule has 1 N–H and O–H groups in total. The molecule has 0 aliphatic carbocycles. The molecule has 0 saturated heterocycles. The lowest BCUT2D eigenvalue weighted by Crippen LogP contribution is -2.32. The molecule has 0 bridgehead atoms. The van der Waals surface area contributed by atoms with Crippen LogP contribution in [0.25, 0.3) is 0 Å². The zero-order valence-corrected chi connectivity index (χ0v) is 12.9. The van der Waals surface area contributed by atoms with Crippen LogP contribution in [-0.2, 0) is 6.42 Å². The molecule has 0 radical (unpaired) electrons. The molecular formula is C16H25ClFN. The van der Waals surface area contributed by atoms with Crippen molar-refractivity contribution in [1.29, 1.82) is 0 Å². The number of hydrogen-bond acceptors (Lipinski definition) is 1. The van der Waals surface area contributed by atoms with Crippen LogP contribution in [0.1, 0.15) is 45.6 Å². The first kappa shape index (κ1) is 16.5. The molecule has 19 heavy (non-hydrogen) atoms. The van der Waals surface area contributed by atoms with E-state index in [0.717, 1.165) is 31.4 Å². The van der Waals surface area contributed by atoms with Crippen molar-refractivity contribution in [2.75, 3.05) is 6.54 Å². The zero-order valence-electron chi connectivity index (χ0n) is 12.2. The van der Waals surface area contributed by atoms with Crippen LogP contribution < -0.4 is 5.32 Å². The second-order valence-corrected chi connectivity index (χ2v) is 5.97. The van der Waals surface area contributed by atoms with Gasteiger partial charge in [-0.05, 0) is 55.8 Å². The molecule has 1 rings (SSSR count). The highest BCUT2D eigenvalue weighted by atomic mass is 35.5. The smallest absolute Gasteiger partial charge is 0.124 e. The normalized spacial score (nSPS) is 12.9. The van der Waals surface area contributed by atoms with Crippen molar-refractivity contribution in [2.45, 2.75) is 52.5 Å². The SMILES string of the molecule is CCCNC(CCC(C)C)Cc1ccc(F)cc1Cl. The Labute approximate surface area is 121 Å². The average molecular weight is 286 g/mol. The van der Waals surface area contributed by atoms with Crippen LogP contribution >= 0.6 is 11.6 Å². The highest BCUT2D eigenvalue weighted by molar-refractivity contribution is 6.31. The molecule has 1 nitrogen and oxygen atoms in total. The van der Waals surface area contributed by atoms with Crippen LogP contribution in [0.2, 0.25) is 5.02 Å². The summed E-state index contributed by atoms with van der Waals surface area (Å²) in [7, 11) is 0. The van der Waals surface area contributed by atoms with E-state index in [9.17, 15) is 4.39 Å². The van der Waals surface area contributed by atoms with Gasteiger partial charge < -0.3 is 5.32 Å². The number of hydrogen-bond donors (Lipinski definition) is 1. The third-order valence-electron chi connectivity index (χ3n) is 3.26. The van der Waals surface area contributed by atoms with Gasteiger partial charge in [-0.15, -0.1) is 0 Å². The molecule has 0 heterocycles. The topological polar surface area (TPSA) is 12.0 Å². The summed E-state index contributed by atoms with van der Waals surface area (Å²) in [6, 6.07) is 5.11. The van der Waals surface area contributed by atoms with E-state index in [2.05, 4.69) is 26.1 Å². The maximum atomic E-state index is 13.0. The van der Waals surface area contributed by atoms with Crippen molar-refractivity contribution in [3.8, 4) is 0 Å². The summed E-state index contributed by atoms with van der Waals surface area (Å²) >= 11 is 6.10. The number of rotatable bonds is 8. The van der Waals surface area contributed by atoms with Crippen molar-refractivity contribution >= 4 is 11.6 Å². The van der Waals surface area contributed by atoms with Crippen LogP contribution in [0, 0.1) is 11.7 Å². The summed E-state index contributed by atoms with van der Waals surface area (Å²) in [6.07, 6.45) is 4.31. The molecule has 0 amide bonds. The summed E-state index contributed by atoms with van der Waals surface area (Å²) in [6.45, 7) is 7.66. The van der Waals surface area contributed by atoms with E-state index in [1.165, 1.54) is 18.6 Å². The maximum Gasteiger partial charge on any atom is 0.124 e. The minimum Gasteiger partial charge on any atom is -0.314 e. The van der Waals surface area contributed by atoms with Gasteiger partial charge >= 0.3 is 0 Å². The Kier molecular flexibility index (Phi) is 7.40. The summed E-state index contributed by atoms with van der Waals surface area (Å²) in [5, 5.41) is 4.10. The Balaban J connectivity index is 2.63. The van der Waals surface area contributed by atoms with Gasteiger partial charge in [0.25, 0.3) is 0 Å². The summed E-state index contributed by atoms with van der Waals surface area (Å²) in [4.78, 5) is 0. The molecule has 1 unspecified atom stereocenters. The lowest BCUT2D eigenvalue weighted by atomic mass is 9.97. The third kappa shape index (κ3) is 6.40. The van der Waals surface area contributed by atoms with Gasteiger partial charge in [0, 0.05) is 11.1 Å². The van der Waals surface area contributed by atoms with Crippen LogP contribution in [0.5, 0.6) is 0 Å². The molecule has 0 aliphatic rings. The van der Waals surface area contributed by atoms with E-state index in [1.54, 1.807) is 6.07 Å². The summed E-state index contributed by atoms with van der Waals surface area (Å²) in [5.74, 6) is 0.434. The molecule has 0 saturated carbocycles. The number of benzene rings is 1. The standard InChI is InChI=1S/C16H25ClFN/c1-4-9-19-15(8-5-12(2)3)10-13-6-7-14(18)11-16(13)17/h6-7,11-12,15,19H,4-5,8-10H2,1-3H3. The molecule has 1 aromatic carbocycles. The highest BCUT2D eigenvalue weighted by Crippen LogP contribution is 2.20. The minimum absolute atomic E-state index is 0.269. The largest absolute Gasteiger partial charge is 0.314 e. The van der Waals surface area contributed by atoms with E-state index < -0.39 is 0 Å². The van der Waals surface area contributed by atoms with Crippen molar-refractivity contribution in [3.63, 3.8) is 0 Å². The molecule has 3 heteroatoms. The molecular weight excluding hydrogens is 261 g/mol. The molecule has 1 aromatic rings. The van der Waals surface area contributed by atoms with Gasteiger partial charge in [-0.3, -0.25) is 0 Å². The Morgan fingerprint density at radius 1 is 1.26 bits per heavy atom. The third-order valence-corrected chi connectivity index (χ3v) is 3.61. The van der Waals surface area contributed by atoms with Gasteiger partial charge in [-0.1, -0.05) is 38.4 Å². The fraction of sp³-hybridized carbons (Fsp3) is 0.625. The van der Waals surface area contributed by atoms with Crippen molar-refractivity contribution in [1.82, 2.24) is 5.32 Å². The number of nitrogens with one attached hydrogen (secondary N) is 1. The zero-order chi connectivity index (χ0) is 14.3. The van der Waals surface area contributed by atoms with E-state index in [-0.39, 0.29) is 5.82 Å². The lowest BCUT2D eigenvalue weighted by molar-refractivity contribution is 0.427. The lowest BCUT2D eigenvalue weighted by Gasteiger charge is -2.20. The van der Waals surface area contributed by atoms with Gasteiger partial charge in [-0.25, -0.2) is 4.39 Å². The van der Waals surface area contributed by atoms with E-state index >= 15 is 0 Å². The van der Waals surface area contributed by atoms with Crippen LogP contribution in [0.4, 0.5) is 4.39 Å². The monoisotopic (exact) mass is 285 g/mol. The van der Waals surface area contributed by atoms with E-state index in [1.807, 2.05) is 0 Å². The molecule has 0 aromatic heterocycles. The second kappa shape index (κ2) is 8.55. The predicted octanol–water partition coefficient (Wildman–Crippen LogP) is 4.83.